The minimum atomic E-state index is 0.190. The summed E-state index contributed by atoms with van der Waals surface area (Å²) < 4.78 is 5.71. The molecule has 0 radical (unpaired) electrons. The molecule has 2 unspecified atom stereocenters. The minimum Gasteiger partial charge on any atom is -0.371 e. The van der Waals surface area contributed by atoms with Gasteiger partial charge in [-0.2, -0.15) is 0 Å². The van der Waals surface area contributed by atoms with E-state index in [1.165, 1.54) is 6.42 Å². The molecule has 2 bridgehead atoms. The van der Waals surface area contributed by atoms with Gasteiger partial charge >= 0.3 is 0 Å². The van der Waals surface area contributed by atoms with Crippen LogP contribution in [0.1, 0.15) is 26.2 Å². The van der Waals surface area contributed by atoms with Gasteiger partial charge in [-0.25, -0.2) is 0 Å². The Kier molecular flexibility index (Phi) is 2.05. The van der Waals surface area contributed by atoms with Crippen molar-refractivity contribution in [3.63, 3.8) is 0 Å². The molecule has 12 heavy (non-hydrogen) atoms. The van der Waals surface area contributed by atoms with Crippen molar-refractivity contribution in [3.05, 3.63) is 0 Å². The first-order chi connectivity index (χ1) is 5.75. The van der Waals surface area contributed by atoms with E-state index in [-0.39, 0.29) is 5.91 Å². The van der Waals surface area contributed by atoms with Crippen molar-refractivity contribution in [1.82, 2.24) is 4.90 Å². The number of nitrogens with zero attached hydrogens (tertiary/aromatic N) is 1. The summed E-state index contributed by atoms with van der Waals surface area (Å²) in [6.07, 6.45) is 4.16. The molecule has 3 nitrogen and oxygen atoms in total. The van der Waals surface area contributed by atoms with Crippen LogP contribution in [0.3, 0.4) is 0 Å². The van der Waals surface area contributed by atoms with Crippen LogP contribution in [0.5, 0.6) is 0 Å². The lowest BCUT2D eigenvalue weighted by Gasteiger charge is -2.41. The molecule has 1 amide bonds. The standard InChI is InChI=1S/C9H15NO2/c1-7(11)10-5-8-3-2-4-9(6-10)12-8/h8-9H,2-6H2,1H3. The van der Waals surface area contributed by atoms with Crippen molar-refractivity contribution >= 4 is 5.91 Å². The maximum Gasteiger partial charge on any atom is 0.219 e. The van der Waals surface area contributed by atoms with Gasteiger partial charge in [0.15, 0.2) is 0 Å². The summed E-state index contributed by atoms with van der Waals surface area (Å²) in [5.74, 6) is 0.190. The SMILES string of the molecule is CC(=O)N1CC2CCCC(C1)O2. The summed E-state index contributed by atoms with van der Waals surface area (Å²) >= 11 is 0. The zero-order chi connectivity index (χ0) is 8.55. The molecule has 3 heteroatoms. The molecule has 2 rings (SSSR count). The van der Waals surface area contributed by atoms with Gasteiger partial charge in [0.1, 0.15) is 0 Å². The van der Waals surface area contributed by atoms with Crippen molar-refractivity contribution in [3.8, 4) is 0 Å². The average molecular weight is 169 g/mol. The molecule has 2 saturated heterocycles. The molecule has 2 fully saturated rings. The van der Waals surface area contributed by atoms with Crippen LogP contribution in [0, 0.1) is 0 Å². The van der Waals surface area contributed by atoms with Gasteiger partial charge in [0.2, 0.25) is 5.91 Å². The predicted octanol–water partition coefficient (Wildman–Crippen LogP) is 0.786. The molecule has 2 heterocycles. The van der Waals surface area contributed by atoms with Gasteiger partial charge < -0.3 is 9.64 Å². The van der Waals surface area contributed by atoms with E-state index >= 15 is 0 Å². The Morgan fingerprint density at radius 1 is 1.33 bits per heavy atom. The molecule has 2 aliphatic rings. The van der Waals surface area contributed by atoms with E-state index in [1.54, 1.807) is 6.92 Å². The lowest BCUT2D eigenvalue weighted by atomic mass is 10.00. The molecule has 0 N–H and O–H groups in total. The van der Waals surface area contributed by atoms with Crippen LogP contribution < -0.4 is 0 Å². The predicted molar refractivity (Wildman–Crippen MR) is 44.8 cm³/mol. The van der Waals surface area contributed by atoms with E-state index < -0.39 is 0 Å². The summed E-state index contributed by atoms with van der Waals surface area (Å²) in [6.45, 7) is 3.26. The van der Waals surface area contributed by atoms with Crippen LogP contribution in [-0.2, 0) is 9.53 Å². The highest BCUT2D eigenvalue weighted by atomic mass is 16.5. The van der Waals surface area contributed by atoms with Crippen molar-refractivity contribution in [1.29, 1.82) is 0 Å². The summed E-state index contributed by atoms with van der Waals surface area (Å²) in [7, 11) is 0. The number of carbonyl (C=O) groups is 1. The average Bonchev–Trinajstić information content (AvgIpc) is 2.03. The number of fused-ring (bicyclic) bond motifs is 2. The molecule has 0 spiro atoms. The quantitative estimate of drug-likeness (QED) is 0.536. The van der Waals surface area contributed by atoms with E-state index in [2.05, 4.69) is 0 Å². The van der Waals surface area contributed by atoms with Gasteiger partial charge in [-0.05, 0) is 19.3 Å². The second-order valence-corrected chi connectivity index (χ2v) is 3.74. The third-order valence-corrected chi connectivity index (χ3v) is 2.73. The molecule has 0 aromatic heterocycles. The summed E-state index contributed by atoms with van der Waals surface area (Å²) in [4.78, 5) is 13.0. The van der Waals surface area contributed by atoms with Crippen molar-refractivity contribution < 1.29 is 9.53 Å². The smallest absolute Gasteiger partial charge is 0.219 e. The maximum absolute atomic E-state index is 11.1. The van der Waals surface area contributed by atoms with Gasteiger partial charge in [0.25, 0.3) is 0 Å². The molecule has 0 saturated carbocycles. The molecular weight excluding hydrogens is 154 g/mol. The highest BCUT2D eigenvalue weighted by molar-refractivity contribution is 5.73. The number of amides is 1. The molecule has 68 valence electrons. The van der Waals surface area contributed by atoms with Crippen molar-refractivity contribution in [2.75, 3.05) is 13.1 Å². The number of morpholine rings is 1. The monoisotopic (exact) mass is 169 g/mol. The number of hydrogen-bond donors (Lipinski definition) is 0. The Morgan fingerprint density at radius 2 is 1.92 bits per heavy atom. The van der Waals surface area contributed by atoms with Crippen LogP contribution >= 0.6 is 0 Å². The van der Waals surface area contributed by atoms with Gasteiger partial charge in [-0.15, -0.1) is 0 Å². The van der Waals surface area contributed by atoms with E-state index in [0.29, 0.717) is 12.2 Å². The first-order valence-corrected chi connectivity index (χ1v) is 4.66. The van der Waals surface area contributed by atoms with Crippen molar-refractivity contribution in [2.24, 2.45) is 0 Å². The first-order valence-electron chi connectivity index (χ1n) is 4.66. The minimum absolute atomic E-state index is 0.190. The lowest BCUT2D eigenvalue weighted by molar-refractivity contribution is -0.150. The molecule has 0 aromatic rings. The zero-order valence-electron chi connectivity index (χ0n) is 7.45. The van der Waals surface area contributed by atoms with Crippen LogP contribution in [0.25, 0.3) is 0 Å². The topological polar surface area (TPSA) is 29.5 Å². The number of rotatable bonds is 0. The Balaban J connectivity index is 2.00. The molecule has 2 atom stereocenters. The Morgan fingerprint density at radius 3 is 2.42 bits per heavy atom. The van der Waals surface area contributed by atoms with E-state index in [0.717, 1.165) is 25.9 Å². The lowest BCUT2D eigenvalue weighted by Crippen LogP contribution is -2.51. The van der Waals surface area contributed by atoms with E-state index in [9.17, 15) is 4.79 Å². The molecular formula is C9H15NO2. The van der Waals surface area contributed by atoms with Gasteiger partial charge in [-0.3, -0.25) is 4.79 Å². The van der Waals surface area contributed by atoms with Gasteiger partial charge in [0, 0.05) is 20.0 Å². The Hall–Kier alpha value is -0.570. The van der Waals surface area contributed by atoms with Crippen LogP contribution in [0.15, 0.2) is 0 Å². The third-order valence-electron chi connectivity index (χ3n) is 2.73. The summed E-state index contributed by atoms with van der Waals surface area (Å²) in [5, 5.41) is 0. The fourth-order valence-corrected chi connectivity index (χ4v) is 2.07. The largest absolute Gasteiger partial charge is 0.371 e. The second kappa shape index (κ2) is 3.05. The van der Waals surface area contributed by atoms with Crippen LogP contribution in [0.4, 0.5) is 0 Å². The van der Waals surface area contributed by atoms with E-state index in [4.69, 9.17) is 4.74 Å². The van der Waals surface area contributed by atoms with Crippen LogP contribution in [-0.4, -0.2) is 36.1 Å². The zero-order valence-corrected chi connectivity index (χ0v) is 7.45. The number of hydrogen-bond acceptors (Lipinski definition) is 2. The highest BCUT2D eigenvalue weighted by Gasteiger charge is 2.31. The van der Waals surface area contributed by atoms with E-state index in [1.807, 2.05) is 4.90 Å². The fourth-order valence-electron chi connectivity index (χ4n) is 2.07. The summed E-state index contributed by atoms with van der Waals surface area (Å²) in [6, 6.07) is 0. The summed E-state index contributed by atoms with van der Waals surface area (Å²) in [5.41, 5.74) is 0. The van der Waals surface area contributed by atoms with Gasteiger partial charge in [0.05, 0.1) is 12.2 Å². The van der Waals surface area contributed by atoms with Crippen molar-refractivity contribution in [2.45, 2.75) is 38.4 Å². The highest BCUT2D eigenvalue weighted by Crippen LogP contribution is 2.24. The van der Waals surface area contributed by atoms with Crippen LogP contribution in [0.2, 0.25) is 0 Å². The second-order valence-electron chi connectivity index (χ2n) is 3.74. The van der Waals surface area contributed by atoms with Gasteiger partial charge in [-0.1, -0.05) is 0 Å². The number of likely N-dealkylation sites (tertiary alicyclic amines) is 1. The number of carbonyl (C=O) groups excluding carboxylic acids is 1. The maximum atomic E-state index is 11.1. The molecule has 0 aromatic carbocycles. The Labute approximate surface area is 72.7 Å². The molecule has 0 aliphatic carbocycles. The first kappa shape index (κ1) is 8.05. The Bertz CT molecular complexity index is 181. The normalized spacial score (nSPS) is 34.9. The number of ether oxygens (including phenoxy) is 1. The fraction of sp³-hybridized carbons (Fsp3) is 0.889. The third kappa shape index (κ3) is 1.46. The molecule has 2 aliphatic heterocycles.